The van der Waals surface area contributed by atoms with E-state index in [9.17, 15) is 0 Å². The Morgan fingerprint density at radius 3 is 2.78 bits per heavy atom. The fourth-order valence-electron chi connectivity index (χ4n) is 1.73. The van der Waals surface area contributed by atoms with Crippen LogP contribution in [-0.2, 0) is 20.1 Å². The second-order valence-corrected chi connectivity index (χ2v) is 4.43. The monoisotopic (exact) mass is 265 g/mol. The third-order valence-electron chi connectivity index (χ3n) is 2.77. The molecule has 0 saturated heterocycles. The maximum atomic E-state index is 6.07. The Hall–Kier alpha value is -1.52. The Bertz CT molecular complexity index is 525. The SMILES string of the molecule is COc1ccc(CNCc2ccnn2C)cc1Cl. The first kappa shape index (κ1) is 12.9. The molecule has 0 aliphatic heterocycles. The normalized spacial score (nSPS) is 10.6. The number of methoxy groups -OCH3 is 1. The molecule has 0 atom stereocenters. The molecule has 96 valence electrons. The van der Waals surface area contributed by atoms with E-state index in [1.165, 1.54) is 0 Å². The minimum Gasteiger partial charge on any atom is -0.495 e. The van der Waals surface area contributed by atoms with Crippen LogP contribution in [0.3, 0.4) is 0 Å². The third kappa shape index (κ3) is 3.03. The van der Waals surface area contributed by atoms with Gasteiger partial charge >= 0.3 is 0 Å². The van der Waals surface area contributed by atoms with Gasteiger partial charge in [0.15, 0.2) is 0 Å². The predicted molar refractivity (Wildman–Crippen MR) is 71.8 cm³/mol. The second kappa shape index (κ2) is 5.89. The topological polar surface area (TPSA) is 39.1 Å². The summed E-state index contributed by atoms with van der Waals surface area (Å²) in [5, 5.41) is 8.10. The molecule has 0 bridgehead atoms. The second-order valence-electron chi connectivity index (χ2n) is 4.02. The fourth-order valence-corrected chi connectivity index (χ4v) is 2.01. The summed E-state index contributed by atoms with van der Waals surface area (Å²) in [5.74, 6) is 0.701. The summed E-state index contributed by atoms with van der Waals surface area (Å²) in [6.45, 7) is 1.54. The van der Waals surface area contributed by atoms with Crippen LogP contribution in [0.2, 0.25) is 5.02 Å². The Labute approximate surface area is 112 Å². The van der Waals surface area contributed by atoms with Gasteiger partial charge in [0.05, 0.1) is 17.8 Å². The molecule has 1 heterocycles. The first-order chi connectivity index (χ1) is 8.70. The molecule has 0 aliphatic carbocycles. The van der Waals surface area contributed by atoms with Crippen molar-refractivity contribution in [1.29, 1.82) is 0 Å². The van der Waals surface area contributed by atoms with E-state index in [1.807, 2.05) is 36.0 Å². The zero-order valence-electron chi connectivity index (χ0n) is 10.5. The molecule has 0 aliphatic rings. The number of aromatic nitrogens is 2. The Kier molecular flexibility index (Phi) is 4.23. The zero-order valence-corrected chi connectivity index (χ0v) is 11.2. The van der Waals surface area contributed by atoms with Gasteiger partial charge in [-0.3, -0.25) is 4.68 Å². The predicted octanol–water partition coefficient (Wildman–Crippen LogP) is 2.37. The molecule has 0 spiro atoms. The summed E-state index contributed by atoms with van der Waals surface area (Å²) < 4.78 is 6.97. The molecule has 0 saturated carbocycles. The van der Waals surface area contributed by atoms with Crippen LogP contribution in [-0.4, -0.2) is 16.9 Å². The number of rotatable bonds is 5. The lowest BCUT2D eigenvalue weighted by Crippen LogP contribution is -2.15. The minimum atomic E-state index is 0.636. The number of benzene rings is 1. The standard InChI is InChI=1S/C13H16ClN3O/c1-17-11(5-6-16-17)9-15-8-10-3-4-13(18-2)12(14)7-10/h3-7,15H,8-9H2,1-2H3. The van der Waals surface area contributed by atoms with Crippen molar-refractivity contribution in [1.82, 2.24) is 15.1 Å². The van der Waals surface area contributed by atoms with Crippen molar-refractivity contribution >= 4 is 11.6 Å². The van der Waals surface area contributed by atoms with Crippen molar-refractivity contribution in [3.8, 4) is 5.75 Å². The maximum absolute atomic E-state index is 6.07. The van der Waals surface area contributed by atoms with Crippen molar-refractivity contribution in [2.75, 3.05) is 7.11 Å². The van der Waals surface area contributed by atoms with E-state index in [4.69, 9.17) is 16.3 Å². The van der Waals surface area contributed by atoms with Gasteiger partial charge in [0.1, 0.15) is 5.75 Å². The molecule has 1 aromatic heterocycles. The maximum Gasteiger partial charge on any atom is 0.137 e. The van der Waals surface area contributed by atoms with Gasteiger partial charge in [0.2, 0.25) is 0 Å². The lowest BCUT2D eigenvalue weighted by atomic mass is 10.2. The number of hydrogen-bond donors (Lipinski definition) is 1. The number of nitrogens with zero attached hydrogens (tertiary/aromatic N) is 2. The molecule has 2 rings (SSSR count). The average molecular weight is 266 g/mol. The van der Waals surface area contributed by atoms with Gasteiger partial charge in [0, 0.05) is 26.3 Å². The van der Waals surface area contributed by atoms with Gasteiger partial charge < -0.3 is 10.1 Å². The Morgan fingerprint density at radius 1 is 1.33 bits per heavy atom. The lowest BCUT2D eigenvalue weighted by molar-refractivity contribution is 0.415. The Morgan fingerprint density at radius 2 is 2.17 bits per heavy atom. The smallest absolute Gasteiger partial charge is 0.137 e. The molecule has 1 N–H and O–H groups in total. The quantitative estimate of drug-likeness (QED) is 0.902. The molecule has 0 amide bonds. The highest BCUT2D eigenvalue weighted by molar-refractivity contribution is 6.32. The number of nitrogens with one attached hydrogen (secondary N) is 1. The van der Waals surface area contributed by atoms with Crippen LogP contribution < -0.4 is 10.1 Å². The Balaban J connectivity index is 1.91. The summed E-state index contributed by atoms with van der Waals surface area (Å²) >= 11 is 6.07. The van der Waals surface area contributed by atoms with Crippen molar-refractivity contribution in [2.24, 2.45) is 7.05 Å². The first-order valence-corrected chi connectivity index (χ1v) is 6.08. The average Bonchev–Trinajstić information content (AvgIpc) is 2.75. The molecule has 5 heteroatoms. The van der Waals surface area contributed by atoms with Gasteiger partial charge in [-0.2, -0.15) is 5.10 Å². The zero-order chi connectivity index (χ0) is 13.0. The van der Waals surface area contributed by atoms with Crippen LogP contribution in [0.1, 0.15) is 11.3 Å². The molecule has 0 unspecified atom stereocenters. The van der Waals surface area contributed by atoms with E-state index in [-0.39, 0.29) is 0 Å². The highest BCUT2D eigenvalue weighted by atomic mass is 35.5. The number of halogens is 1. The summed E-state index contributed by atoms with van der Waals surface area (Å²) in [6.07, 6.45) is 1.79. The summed E-state index contributed by atoms with van der Waals surface area (Å²) in [4.78, 5) is 0. The molecule has 0 fully saturated rings. The largest absolute Gasteiger partial charge is 0.495 e. The first-order valence-electron chi connectivity index (χ1n) is 5.70. The minimum absolute atomic E-state index is 0.636. The highest BCUT2D eigenvalue weighted by Gasteiger charge is 2.02. The van der Waals surface area contributed by atoms with E-state index in [0.717, 1.165) is 24.3 Å². The molecule has 4 nitrogen and oxygen atoms in total. The van der Waals surface area contributed by atoms with E-state index in [2.05, 4.69) is 10.4 Å². The lowest BCUT2D eigenvalue weighted by Gasteiger charge is -2.08. The molecule has 0 radical (unpaired) electrons. The molecular weight excluding hydrogens is 250 g/mol. The van der Waals surface area contributed by atoms with Crippen molar-refractivity contribution in [3.63, 3.8) is 0 Å². The number of hydrogen-bond acceptors (Lipinski definition) is 3. The van der Waals surface area contributed by atoms with Crippen molar-refractivity contribution in [2.45, 2.75) is 13.1 Å². The van der Waals surface area contributed by atoms with Gasteiger partial charge in [-0.1, -0.05) is 17.7 Å². The van der Waals surface area contributed by atoms with E-state index in [1.54, 1.807) is 13.3 Å². The molecule has 18 heavy (non-hydrogen) atoms. The number of ether oxygens (including phenoxy) is 1. The summed E-state index contributed by atoms with van der Waals surface area (Å²) in [6, 6.07) is 7.79. The van der Waals surface area contributed by atoms with E-state index in [0.29, 0.717) is 10.8 Å². The summed E-state index contributed by atoms with van der Waals surface area (Å²) in [7, 11) is 3.54. The van der Waals surface area contributed by atoms with Crippen LogP contribution in [0.15, 0.2) is 30.5 Å². The highest BCUT2D eigenvalue weighted by Crippen LogP contribution is 2.24. The van der Waals surface area contributed by atoms with E-state index >= 15 is 0 Å². The molecule has 2 aromatic rings. The van der Waals surface area contributed by atoms with Gasteiger partial charge in [-0.05, 0) is 23.8 Å². The summed E-state index contributed by atoms with van der Waals surface area (Å²) in [5.41, 5.74) is 2.28. The van der Waals surface area contributed by atoms with E-state index < -0.39 is 0 Å². The van der Waals surface area contributed by atoms with Gasteiger partial charge in [0.25, 0.3) is 0 Å². The fraction of sp³-hybridized carbons (Fsp3) is 0.308. The van der Waals surface area contributed by atoms with Crippen LogP contribution in [0.5, 0.6) is 5.75 Å². The van der Waals surface area contributed by atoms with Gasteiger partial charge in [-0.15, -0.1) is 0 Å². The third-order valence-corrected chi connectivity index (χ3v) is 3.07. The van der Waals surface area contributed by atoms with Crippen molar-refractivity contribution < 1.29 is 4.74 Å². The van der Waals surface area contributed by atoms with Crippen LogP contribution >= 0.6 is 11.6 Å². The van der Waals surface area contributed by atoms with Gasteiger partial charge in [-0.25, -0.2) is 0 Å². The number of aryl methyl sites for hydroxylation is 1. The molecular formula is C13H16ClN3O. The molecule has 1 aromatic carbocycles. The van der Waals surface area contributed by atoms with Crippen LogP contribution in [0.25, 0.3) is 0 Å². The van der Waals surface area contributed by atoms with Crippen LogP contribution in [0.4, 0.5) is 0 Å². The van der Waals surface area contributed by atoms with Crippen molar-refractivity contribution in [3.05, 3.63) is 46.7 Å². The van der Waals surface area contributed by atoms with Crippen LogP contribution in [0, 0.1) is 0 Å².